The zero-order valence-electron chi connectivity index (χ0n) is 15.8. The molecule has 1 saturated heterocycles. The van der Waals surface area contributed by atoms with E-state index >= 15 is 0 Å². The van der Waals surface area contributed by atoms with E-state index in [0.717, 1.165) is 5.75 Å². The molecular formula is C21H25N3O3. The predicted molar refractivity (Wildman–Crippen MR) is 103 cm³/mol. The molecular weight excluding hydrogens is 342 g/mol. The van der Waals surface area contributed by atoms with Crippen LogP contribution in [0.2, 0.25) is 0 Å². The lowest BCUT2D eigenvalue weighted by Gasteiger charge is -2.34. The first-order valence-electron chi connectivity index (χ1n) is 9.26. The highest BCUT2D eigenvalue weighted by Crippen LogP contribution is 2.16. The molecule has 0 aliphatic carbocycles. The van der Waals surface area contributed by atoms with E-state index in [1.165, 1.54) is 0 Å². The Balaban J connectivity index is 1.54. The molecule has 2 amide bonds. The molecule has 0 atom stereocenters. The number of ether oxygens (including phenoxy) is 1. The van der Waals surface area contributed by atoms with E-state index in [9.17, 15) is 9.59 Å². The average molecular weight is 367 g/mol. The number of amides is 2. The van der Waals surface area contributed by atoms with Gasteiger partial charge in [0.2, 0.25) is 0 Å². The Morgan fingerprint density at radius 3 is 1.85 bits per heavy atom. The van der Waals surface area contributed by atoms with Gasteiger partial charge in [-0.2, -0.15) is 0 Å². The SMILES string of the molecule is CC(C)COc1ccc(C(=O)N2CCN(C(=O)c3ccncc3)CC2)cc1. The van der Waals surface area contributed by atoms with Crippen molar-refractivity contribution in [2.45, 2.75) is 13.8 Å². The van der Waals surface area contributed by atoms with Gasteiger partial charge >= 0.3 is 0 Å². The number of aromatic nitrogens is 1. The summed E-state index contributed by atoms with van der Waals surface area (Å²) in [5.41, 5.74) is 1.27. The normalized spacial score (nSPS) is 14.3. The van der Waals surface area contributed by atoms with Crippen molar-refractivity contribution >= 4 is 11.8 Å². The Hall–Kier alpha value is -2.89. The number of carbonyl (C=O) groups excluding carboxylic acids is 2. The summed E-state index contributed by atoms with van der Waals surface area (Å²) in [6, 6.07) is 10.7. The molecule has 27 heavy (non-hydrogen) atoms. The van der Waals surface area contributed by atoms with E-state index in [-0.39, 0.29) is 11.8 Å². The van der Waals surface area contributed by atoms with Gasteiger partial charge in [-0.15, -0.1) is 0 Å². The Labute approximate surface area is 159 Å². The maximum absolute atomic E-state index is 12.7. The van der Waals surface area contributed by atoms with E-state index in [2.05, 4.69) is 18.8 Å². The molecule has 6 nitrogen and oxygen atoms in total. The summed E-state index contributed by atoms with van der Waals surface area (Å²) in [6.07, 6.45) is 3.23. The number of rotatable bonds is 5. The van der Waals surface area contributed by atoms with Crippen LogP contribution in [-0.2, 0) is 0 Å². The molecule has 1 fully saturated rings. The lowest BCUT2D eigenvalue weighted by Crippen LogP contribution is -2.50. The van der Waals surface area contributed by atoms with Gasteiger partial charge < -0.3 is 14.5 Å². The van der Waals surface area contributed by atoms with Gasteiger partial charge in [0.25, 0.3) is 11.8 Å². The molecule has 0 radical (unpaired) electrons. The molecule has 0 saturated carbocycles. The fourth-order valence-electron chi connectivity index (χ4n) is 2.93. The first kappa shape index (κ1) is 18.9. The maximum atomic E-state index is 12.7. The highest BCUT2D eigenvalue weighted by atomic mass is 16.5. The van der Waals surface area contributed by atoms with E-state index in [1.807, 2.05) is 12.1 Å². The topological polar surface area (TPSA) is 62.7 Å². The molecule has 1 aliphatic rings. The summed E-state index contributed by atoms with van der Waals surface area (Å²) < 4.78 is 5.66. The van der Waals surface area contributed by atoms with Crippen LogP contribution in [0.1, 0.15) is 34.6 Å². The first-order valence-corrected chi connectivity index (χ1v) is 9.26. The first-order chi connectivity index (χ1) is 13.0. The number of piperazine rings is 1. The molecule has 1 aromatic carbocycles. The van der Waals surface area contributed by atoms with Crippen LogP contribution in [0.15, 0.2) is 48.8 Å². The molecule has 0 bridgehead atoms. The second kappa shape index (κ2) is 8.66. The minimum Gasteiger partial charge on any atom is -0.493 e. The molecule has 2 heterocycles. The van der Waals surface area contributed by atoms with E-state index < -0.39 is 0 Å². The zero-order chi connectivity index (χ0) is 19.2. The minimum absolute atomic E-state index is 0.0126. The number of hydrogen-bond donors (Lipinski definition) is 0. The van der Waals surface area contributed by atoms with Gasteiger partial charge in [0.15, 0.2) is 0 Å². The molecule has 3 rings (SSSR count). The highest BCUT2D eigenvalue weighted by molar-refractivity contribution is 5.96. The van der Waals surface area contributed by atoms with Crippen LogP contribution in [0.3, 0.4) is 0 Å². The van der Waals surface area contributed by atoms with Gasteiger partial charge in [-0.3, -0.25) is 14.6 Å². The van der Waals surface area contributed by atoms with Crippen molar-refractivity contribution in [2.24, 2.45) is 5.92 Å². The van der Waals surface area contributed by atoms with Gasteiger partial charge in [0.05, 0.1) is 6.61 Å². The summed E-state index contributed by atoms with van der Waals surface area (Å²) in [4.78, 5) is 32.7. The largest absolute Gasteiger partial charge is 0.493 e. The lowest BCUT2D eigenvalue weighted by molar-refractivity contribution is 0.0535. The van der Waals surface area contributed by atoms with Crippen molar-refractivity contribution in [1.82, 2.24) is 14.8 Å². The molecule has 0 spiro atoms. The smallest absolute Gasteiger partial charge is 0.254 e. The van der Waals surface area contributed by atoms with Crippen LogP contribution >= 0.6 is 0 Å². The van der Waals surface area contributed by atoms with Crippen LogP contribution in [0, 0.1) is 5.92 Å². The van der Waals surface area contributed by atoms with Crippen LogP contribution in [0.4, 0.5) is 0 Å². The summed E-state index contributed by atoms with van der Waals surface area (Å²) in [5, 5.41) is 0. The van der Waals surface area contributed by atoms with Crippen molar-refractivity contribution in [3.63, 3.8) is 0 Å². The van der Waals surface area contributed by atoms with Gasteiger partial charge in [0, 0.05) is 49.7 Å². The fraction of sp³-hybridized carbons (Fsp3) is 0.381. The molecule has 2 aromatic rings. The van der Waals surface area contributed by atoms with E-state index in [4.69, 9.17) is 4.74 Å². The number of benzene rings is 1. The molecule has 142 valence electrons. The third-order valence-electron chi connectivity index (χ3n) is 4.47. The maximum Gasteiger partial charge on any atom is 0.254 e. The van der Waals surface area contributed by atoms with Gasteiger partial charge in [-0.25, -0.2) is 0 Å². The van der Waals surface area contributed by atoms with Crippen LogP contribution < -0.4 is 4.74 Å². The Kier molecular flexibility index (Phi) is 6.06. The molecule has 0 N–H and O–H groups in total. The van der Waals surface area contributed by atoms with Crippen molar-refractivity contribution in [3.8, 4) is 5.75 Å². The Morgan fingerprint density at radius 1 is 0.889 bits per heavy atom. The third-order valence-corrected chi connectivity index (χ3v) is 4.47. The predicted octanol–water partition coefficient (Wildman–Crippen LogP) is 2.71. The Morgan fingerprint density at radius 2 is 1.37 bits per heavy atom. The monoisotopic (exact) mass is 367 g/mol. The average Bonchev–Trinajstić information content (AvgIpc) is 2.72. The van der Waals surface area contributed by atoms with Crippen molar-refractivity contribution in [1.29, 1.82) is 0 Å². The van der Waals surface area contributed by atoms with Gasteiger partial charge in [-0.1, -0.05) is 13.8 Å². The van der Waals surface area contributed by atoms with E-state index in [0.29, 0.717) is 49.8 Å². The number of pyridine rings is 1. The van der Waals surface area contributed by atoms with Crippen LogP contribution in [-0.4, -0.2) is 59.4 Å². The quantitative estimate of drug-likeness (QED) is 0.815. The van der Waals surface area contributed by atoms with E-state index in [1.54, 1.807) is 46.5 Å². The standard InChI is InChI=1S/C21H25N3O3/c1-16(2)15-27-19-5-3-17(4-6-19)20(25)23-11-13-24(14-12-23)21(26)18-7-9-22-10-8-18/h3-10,16H,11-15H2,1-2H3. The number of hydrogen-bond acceptors (Lipinski definition) is 4. The minimum atomic E-state index is -0.0175. The van der Waals surface area contributed by atoms with Gasteiger partial charge in [-0.05, 0) is 42.3 Å². The second-order valence-corrected chi connectivity index (χ2v) is 7.05. The second-order valence-electron chi connectivity index (χ2n) is 7.05. The molecule has 0 unspecified atom stereocenters. The molecule has 1 aromatic heterocycles. The van der Waals surface area contributed by atoms with Crippen molar-refractivity contribution < 1.29 is 14.3 Å². The van der Waals surface area contributed by atoms with Crippen molar-refractivity contribution in [2.75, 3.05) is 32.8 Å². The molecule has 6 heteroatoms. The summed E-state index contributed by atoms with van der Waals surface area (Å²) in [6.45, 7) is 6.96. The van der Waals surface area contributed by atoms with Crippen LogP contribution in [0.5, 0.6) is 5.75 Å². The summed E-state index contributed by atoms with van der Waals surface area (Å²) in [5.74, 6) is 1.20. The molecule has 1 aliphatic heterocycles. The summed E-state index contributed by atoms with van der Waals surface area (Å²) >= 11 is 0. The number of nitrogens with zero attached hydrogens (tertiary/aromatic N) is 3. The van der Waals surface area contributed by atoms with Gasteiger partial charge in [0.1, 0.15) is 5.75 Å². The van der Waals surface area contributed by atoms with Crippen molar-refractivity contribution in [3.05, 3.63) is 59.9 Å². The number of carbonyl (C=O) groups is 2. The third kappa shape index (κ3) is 4.84. The fourth-order valence-corrected chi connectivity index (χ4v) is 2.93. The lowest BCUT2D eigenvalue weighted by atomic mass is 10.1. The Bertz CT molecular complexity index is 767. The summed E-state index contributed by atoms with van der Waals surface area (Å²) in [7, 11) is 0. The van der Waals surface area contributed by atoms with Crippen LogP contribution in [0.25, 0.3) is 0 Å². The zero-order valence-corrected chi connectivity index (χ0v) is 15.8. The highest BCUT2D eigenvalue weighted by Gasteiger charge is 2.25.